The molecule has 134 valence electrons. The van der Waals surface area contributed by atoms with E-state index in [0.29, 0.717) is 0 Å². The fraction of sp³-hybridized carbons (Fsp3) is 0.348. The van der Waals surface area contributed by atoms with E-state index in [4.69, 9.17) is 13.8 Å². The second-order valence-electron chi connectivity index (χ2n) is 8.77. The molecule has 2 aromatic heterocycles. The van der Waals surface area contributed by atoms with E-state index in [1.165, 1.54) is 11.1 Å². The molecule has 0 aliphatic carbocycles. The van der Waals surface area contributed by atoms with E-state index >= 15 is 0 Å². The molecule has 0 saturated heterocycles. The van der Waals surface area contributed by atoms with Crippen molar-refractivity contribution >= 4 is 22.1 Å². The second-order valence-corrected chi connectivity index (χ2v) is 8.77. The minimum Gasteiger partial charge on any atom is -0.464 e. The molecule has 0 fully saturated rings. The lowest BCUT2D eigenvalue weighted by Gasteiger charge is -2.23. The summed E-state index contributed by atoms with van der Waals surface area (Å²) in [4.78, 5) is 4.71. The van der Waals surface area contributed by atoms with Crippen LogP contribution in [-0.2, 0) is 17.3 Å². The molecule has 26 heavy (non-hydrogen) atoms. The lowest BCUT2D eigenvalue weighted by molar-refractivity contribution is 0.433. The first-order valence-electron chi connectivity index (χ1n) is 9.10. The van der Waals surface area contributed by atoms with Crippen LogP contribution < -0.4 is 0 Å². The first kappa shape index (κ1) is 16.9. The minimum absolute atomic E-state index is 0.0961. The Balaban J connectivity index is 1.66. The van der Waals surface area contributed by atoms with Crippen molar-refractivity contribution in [1.82, 2.24) is 4.98 Å². The maximum atomic E-state index is 6.10. The fourth-order valence-corrected chi connectivity index (χ4v) is 3.37. The lowest BCUT2D eigenvalue weighted by atomic mass is 9.81. The van der Waals surface area contributed by atoms with Crippen molar-refractivity contribution in [3.8, 4) is 0 Å². The van der Waals surface area contributed by atoms with Crippen LogP contribution in [0.1, 0.15) is 51.6 Å². The summed E-state index contributed by atoms with van der Waals surface area (Å²) in [6.45, 7) is 11.1. The number of nitrogens with zero attached hydrogens (tertiary/aromatic N) is 1. The Morgan fingerprint density at radius 2 is 1.58 bits per heavy atom. The molecule has 3 heteroatoms. The highest BCUT2D eigenvalue weighted by Gasteiger charge is 2.25. The summed E-state index contributed by atoms with van der Waals surface area (Å²) < 4.78 is 11.7. The Hall–Kier alpha value is -2.55. The predicted molar refractivity (Wildman–Crippen MR) is 106 cm³/mol. The van der Waals surface area contributed by atoms with Crippen molar-refractivity contribution in [3.63, 3.8) is 0 Å². The number of hydrogen-bond acceptors (Lipinski definition) is 3. The summed E-state index contributed by atoms with van der Waals surface area (Å²) in [5.41, 5.74) is 5.18. The quantitative estimate of drug-likeness (QED) is 0.431. The Bertz CT molecular complexity index is 1080. The highest BCUT2D eigenvalue weighted by Crippen LogP contribution is 2.32. The number of rotatable bonds is 3. The van der Waals surface area contributed by atoms with Crippen molar-refractivity contribution in [1.29, 1.82) is 0 Å². The van der Waals surface area contributed by atoms with Gasteiger partial charge >= 0.3 is 0 Å². The molecule has 2 aromatic carbocycles. The van der Waals surface area contributed by atoms with Crippen molar-refractivity contribution in [2.24, 2.45) is 0 Å². The van der Waals surface area contributed by atoms with Gasteiger partial charge in [-0.2, -0.15) is 0 Å². The molecule has 4 rings (SSSR count). The fourth-order valence-electron chi connectivity index (χ4n) is 3.37. The molecule has 0 radical (unpaired) electrons. The Kier molecular flexibility index (Phi) is 3.72. The molecular formula is C23H25NO2. The summed E-state index contributed by atoms with van der Waals surface area (Å²) in [5.74, 6) is 0.774. The molecular weight excluding hydrogens is 322 g/mol. The van der Waals surface area contributed by atoms with Gasteiger partial charge in [-0.15, -0.1) is 0 Å². The van der Waals surface area contributed by atoms with Gasteiger partial charge in [0.2, 0.25) is 0 Å². The largest absolute Gasteiger partial charge is 0.464 e. The smallest absolute Gasteiger partial charge is 0.196 e. The third kappa shape index (κ3) is 3.03. The molecule has 0 aliphatic rings. The van der Waals surface area contributed by atoms with Crippen molar-refractivity contribution in [2.75, 3.05) is 0 Å². The van der Waals surface area contributed by atoms with E-state index in [0.717, 1.165) is 34.4 Å². The number of benzene rings is 2. The molecule has 0 N–H and O–H groups in total. The Labute approximate surface area is 154 Å². The average molecular weight is 347 g/mol. The van der Waals surface area contributed by atoms with Crippen molar-refractivity contribution in [2.45, 2.75) is 51.9 Å². The molecule has 3 nitrogen and oxygen atoms in total. The van der Waals surface area contributed by atoms with Crippen LogP contribution in [0.2, 0.25) is 0 Å². The first-order chi connectivity index (χ1) is 12.2. The number of oxazole rings is 1. The van der Waals surface area contributed by atoms with Crippen LogP contribution in [0.25, 0.3) is 22.1 Å². The van der Waals surface area contributed by atoms with Gasteiger partial charge in [-0.1, -0.05) is 52.8 Å². The van der Waals surface area contributed by atoms with Crippen LogP contribution in [0.3, 0.4) is 0 Å². The number of aromatic nitrogens is 1. The van der Waals surface area contributed by atoms with Crippen molar-refractivity contribution < 1.29 is 8.83 Å². The van der Waals surface area contributed by atoms with E-state index in [1.54, 1.807) is 6.26 Å². The Morgan fingerprint density at radius 1 is 0.846 bits per heavy atom. The molecule has 0 spiro atoms. The highest BCUT2D eigenvalue weighted by atomic mass is 16.3. The average Bonchev–Trinajstić information content (AvgIpc) is 3.17. The van der Waals surface area contributed by atoms with Gasteiger partial charge in [0.25, 0.3) is 0 Å². The van der Waals surface area contributed by atoms with Gasteiger partial charge in [-0.25, -0.2) is 4.98 Å². The first-order valence-corrected chi connectivity index (χ1v) is 9.10. The van der Waals surface area contributed by atoms with E-state index in [1.807, 2.05) is 6.07 Å². The SMILES string of the molecule is CC(C)(C)c1ccc2nc(CC(C)(C)c3ccc4ccoc4c3)oc2c1. The summed E-state index contributed by atoms with van der Waals surface area (Å²) >= 11 is 0. The standard InChI is InChI=1S/C23H25NO2/c1-22(2,3)16-8-9-18-20(12-16)26-21(24-18)14-23(4,5)17-7-6-15-10-11-25-19(15)13-17/h6-13H,14H2,1-5H3. The van der Waals surface area contributed by atoms with Crippen LogP contribution in [0, 0.1) is 0 Å². The van der Waals surface area contributed by atoms with Gasteiger partial charge < -0.3 is 8.83 Å². The zero-order valence-corrected chi connectivity index (χ0v) is 16.1. The number of furan rings is 1. The molecule has 0 saturated carbocycles. The second kappa shape index (κ2) is 5.73. The van der Waals surface area contributed by atoms with Crippen LogP contribution >= 0.6 is 0 Å². The van der Waals surface area contributed by atoms with Crippen LogP contribution in [0.4, 0.5) is 0 Å². The van der Waals surface area contributed by atoms with Crippen LogP contribution in [-0.4, -0.2) is 4.98 Å². The van der Waals surface area contributed by atoms with Gasteiger partial charge in [-0.05, 0) is 46.2 Å². The van der Waals surface area contributed by atoms with Crippen LogP contribution in [0.15, 0.2) is 57.6 Å². The predicted octanol–water partition coefficient (Wildman–Crippen LogP) is 6.39. The van der Waals surface area contributed by atoms with E-state index in [2.05, 4.69) is 71.0 Å². The molecule has 0 unspecified atom stereocenters. The monoisotopic (exact) mass is 347 g/mol. The molecule has 4 aromatic rings. The summed E-state index contributed by atoms with van der Waals surface area (Å²) in [5, 5.41) is 1.13. The summed E-state index contributed by atoms with van der Waals surface area (Å²) in [6, 6.07) is 14.7. The lowest BCUT2D eigenvalue weighted by Crippen LogP contribution is -2.20. The van der Waals surface area contributed by atoms with Gasteiger partial charge in [0.15, 0.2) is 11.5 Å². The zero-order valence-electron chi connectivity index (χ0n) is 16.1. The van der Waals surface area contributed by atoms with Gasteiger partial charge in [0.05, 0.1) is 6.26 Å². The third-order valence-corrected chi connectivity index (χ3v) is 5.13. The molecule has 0 atom stereocenters. The molecule has 0 aliphatic heterocycles. The van der Waals surface area contributed by atoms with E-state index in [9.17, 15) is 0 Å². The van der Waals surface area contributed by atoms with Gasteiger partial charge in [0, 0.05) is 11.8 Å². The third-order valence-electron chi connectivity index (χ3n) is 5.13. The maximum Gasteiger partial charge on any atom is 0.196 e. The van der Waals surface area contributed by atoms with Gasteiger partial charge in [-0.3, -0.25) is 0 Å². The molecule has 0 amide bonds. The van der Waals surface area contributed by atoms with Gasteiger partial charge in [0.1, 0.15) is 11.1 Å². The summed E-state index contributed by atoms with van der Waals surface area (Å²) in [6.07, 6.45) is 2.47. The maximum absolute atomic E-state index is 6.10. The Morgan fingerprint density at radius 3 is 2.35 bits per heavy atom. The van der Waals surface area contributed by atoms with Crippen molar-refractivity contribution in [3.05, 3.63) is 65.7 Å². The normalized spacial score (nSPS) is 13.0. The molecule has 2 heterocycles. The number of hydrogen-bond donors (Lipinski definition) is 0. The minimum atomic E-state index is -0.102. The van der Waals surface area contributed by atoms with Crippen LogP contribution in [0.5, 0.6) is 0 Å². The molecule has 0 bridgehead atoms. The van der Waals surface area contributed by atoms with E-state index < -0.39 is 0 Å². The topological polar surface area (TPSA) is 39.2 Å². The van der Waals surface area contributed by atoms with E-state index in [-0.39, 0.29) is 10.8 Å². The highest BCUT2D eigenvalue weighted by molar-refractivity contribution is 5.78. The summed E-state index contributed by atoms with van der Waals surface area (Å²) in [7, 11) is 0. The zero-order chi connectivity index (χ0) is 18.5. The number of fused-ring (bicyclic) bond motifs is 2.